The van der Waals surface area contributed by atoms with Gasteiger partial charge in [-0.1, -0.05) is 0 Å². The van der Waals surface area contributed by atoms with Gasteiger partial charge in [0, 0.05) is 4.79 Å². The van der Waals surface area contributed by atoms with Gasteiger partial charge in [0.1, 0.15) is 13.2 Å². The molecule has 0 aliphatic carbocycles. The first kappa shape index (κ1) is 5.56. The van der Waals surface area contributed by atoms with Gasteiger partial charge in [0.25, 0.3) is 0 Å². The summed E-state index contributed by atoms with van der Waals surface area (Å²) in [7, 11) is 0. The van der Waals surface area contributed by atoms with Gasteiger partial charge < -0.3 is 9.10 Å². The van der Waals surface area contributed by atoms with Crippen LogP contribution in [0.4, 0.5) is 0 Å². The molecule has 0 saturated carbocycles. The van der Waals surface area contributed by atoms with E-state index in [0.29, 0.717) is 20.0 Å². The zero-order chi connectivity index (χ0) is 5.98. The molecule has 1 aliphatic rings. The molecule has 3 nitrogen and oxygen atoms in total. The Balaban J connectivity index is 2.35. The topological polar surface area (TPSA) is 29.0 Å². The van der Waals surface area contributed by atoms with Gasteiger partial charge in [-0.25, -0.2) is 0 Å². The summed E-state index contributed by atoms with van der Waals surface area (Å²) in [5.74, 6) is 0.0162. The van der Waals surface area contributed by atoms with Crippen LogP contribution in [0, 0.1) is 0 Å². The number of carbonyl (C=O) groups is 1. The van der Waals surface area contributed by atoms with E-state index in [-0.39, 0.29) is 5.97 Å². The summed E-state index contributed by atoms with van der Waals surface area (Å²) in [6.45, 7) is 3.24. The van der Waals surface area contributed by atoms with Crippen molar-refractivity contribution in [1.29, 1.82) is 0 Å². The van der Waals surface area contributed by atoms with Gasteiger partial charge in [0.05, 0.1) is 6.92 Å². The van der Waals surface area contributed by atoms with Crippen LogP contribution in [0.2, 0.25) is 0 Å². The van der Waals surface area contributed by atoms with Crippen LogP contribution in [0.3, 0.4) is 0 Å². The molecule has 0 unspecified atom stereocenters. The van der Waals surface area contributed by atoms with Gasteiger partial charge in [-0.15, -0.1) is 0 Å². The van der Waals surface area contributed by atoms with Gasteiger partial charge in [-0.05, 0) is 0 Å². The Hall–Kier alpha value is -0.570. The molecule has 0 spiro atoms. The van der Waals surface area contributed by atoms with Crippen molar-refractivity contribution in [2.45, 2.75) is 6.92 Å². The molecular weight excluding hydrogens is 108 g/mol. The van der Waals surface area contributed by atoms with Gasteiger partial charge in [0.2, 0.25) is 6.79 Å². The van der Waals surface area contributed by atoms with Crippen molar-refractivity contribution in [2.24, 2.45) is 0 Å². The van der Waals surface area contributed by atoms with Gasteiger partial charge in [-0.2, -0.15) is 0 Å². The fourth-order valence-electron chi connectivity index (χ4n) is 0.605. The van der Waals surface area contributed by atoms with Crippen LogP contribution in [0.1, 0.15) is 6.92 Å². The lowest BCUT2D eigenvalue weighted by molar-refractivity contribution is -0.186. The Bertz CT molecular complexity index is 93.8. The Labute approximate surface area is 47.9 Å². The molecule has 0 aromatic heterocycles. The zero-order valence-corrected chi connectivity index (χ0v) is 4.85. The minimum absolute atomic E-state index is 0.0162. The number of hydrogen-bond donors (Lipinski definition) is 0. The summed E-state index contributed by atoms with van der Waals surface area (Å²) >= 11 is 0. The highest BCUT2D eigenvalue weighted by molar-refractivity contribution is 5.67. The largest absolute Gasteiger partial charge is 0.524 e. The zero-order valence-electron chi connectivity index (χ0n) is 4.85. The van der Waals surface area contributed by atoms with Crippen LogP contribution in [0.5, 0.6) is 0 Å². The Morgan fingerprint density at radius 3 is 2.75 bits per heavy atom. The average Bonchev–Trinajstić information content (AvgIpc) is 2.12. The van der Waals surface area contributed by atoms with E-state index in [1.54, 1.807) is 0 Å². The highest BCUT2D eigenvalue weighted by Gasteiger charge is 2.18. The van der Waals surface area contributed by atoms with Crippen molar-refractivity contribution >= 4 is 5.97 Å². The van der Waals surface area contributed by atoms with E-state index >= 15 is 0 Å². The second-order valence-electron chi connectivity index (χ2n) is 1.71. The molecular formula is C5H9O3+. The van der Waals surface area contributed by atoms with Crippen LogP contribution in [0.25, 0.3) is 0 Å². The third-order valence-corrected chi connectivity index (χ3v) is 1.11. The number of hydrogen-bond acceptors (Lipinski definition) is 2. The molecule has 1 heterocycles. The maximum absolute atomic E-state index is 10.5. The van der Waals surface area contributed by atoms with Crippen molar-refractivity contribution in [3.05, 3.63) is 0 Å². The molecule has 0 aromatic carbocycles. The lowest BCUT2D eigenvalue weighted by Gasteiger charge is -2.08. The molecule has 0 aromatic rings. The van der Waals surface area contributed by atoms with Crippen molar-refractivity contribution in [3.63, 3.8) is 0 Å². The second kappa shape index (κ2) is 2.13. The Morgan fingerprint density at radius 1 is 1.75 bits per heavy atom. The van der Waals surface area contributed by atoms with Crippen molar-refractivity contribution in [3.8, 4) is 0 Å². The quantitative estimate of drug-likeness (QED) is 0.332. The van der Waals surface area contributed by atoms with Crippen LogP contribution in [0.15, 0.2) is 0 Å². The Morgan fingerprint density at radius 2 is 2.50 bits per heavy atom. The first-order valence-corrected chi connectivity index (χ1v) is 2.56. The predicted octanol–water partition coefficient (Wildman–Crippen LogP) is 0.0729. The maximum atomic E-state index is 10.5. The van der Waals surface area contributed by atoms with Crippen LogP contribution in [-0.2, 0) is 13.9 Å². The van der Waals surface area contributed by atoms with E-state index in [9.17, 15) is 4.79 Å². The van der Waals surface area contributed by atoms with Gasteiger partial charge >= 0.3 is 5.97 Å². The minimum atomic E-state index is 0.0162. The average molecular weight is 117 g/mol. The summed E-state index contributed by atoms with van der Waals surface area (Å²) in [5.41, 5.74) is 0. The molecule has 0 amide bonds. The van der Waals surface area contributed by atoms with E-state index in [0.717, 1.165) is 0 Å². The van der Waals surface area contributed by atoms with Gasteiger partial charge in [-0.3, -0.25) is 0 Å². The monoisotopic (exact) mass is 117 g/mol. The van der Waals surface area contributed by atoms with Crippen LogP contribution < -0.4 is 0 Å². The smallest absolute Gasteiger partial charge is 0.516 e. The molecule has 0 atom stereocenters. The predicted molar refractivity (Wildman–Crippen MR) is 27.5 cm³/mol. The lowest BCUT2D eigenvalue weighted by atomic mass is 10.7. The molecule has 1 saturated heterocycles. The summed E-state index contributed by atoms with van der Waals surface area (Å²) in [4.78, 5) is 10.5. The molecule has 1 rings (SSSR count). The third-order valence-electron chi connectivity index (χ3n) is 1.11. The van der Waals surface area contributed by atoms with E-state index in [4.69, 9.17) is 4.74 Å². The standard InChI is InChI=1S/C5H9O3/c1-5(6)8-3-2-7-4-8/h2-4H2,1H3/q+1. The highest BCUT2D eigenvalue weighted by atomic mass is 16.8. The van der Waals surface area contributed by atoms with Crippen LogP contribution >= 0.6 is 0 Å². The lowest BCUT2D eigenvalue weighted by Crippen LogP contribution is -2.15. The second-order valence-corrected chi connectivity index (χ2v) is 1.71. The van der Waals surface area contributed by atoms with E-state index in [2.05, 4.69) is 4.37 Å². The highest BCUT2D eigenvalue weighted by Crippen LogP contribution is 2.03. The Kier molecular flexibility index (Phi) is 1.48. The van der Waals surface area contributed by atoms with Crippen molar-refractivity contribution < 1.29 is 13.9 Å². The van der Waals surface area contributed by atoms with E-state index in [1.807, 2.05) is 0 Å². The molecule has 3 heteroatoms. The molecule has 8 heavy (non-hydrogen) atoms. The first-order valence-electron chi connectivity index (χ1n) is 2.56. The minimum Gasteiger partial charge on any atom is -0.524 e. The fourth-order valence-corrected chi connectivity index (χ4v) is 0.605. The van der Waals surface area contributed by atoms with E-state index in [1.165, 1.54) is 6.92 Å². The maximum Gasteiger partial charge on any atom is 0.516 e. The molecule has 1 fully saturated rings. The molecule has 1 aliphatic heterocycles. The normalized spacial score (nSPS) is 19.4. The summed E-state index contributed by atoms with van der Waals surface area (Å²) in [5, 5.41) is 0. The third kappa shape index (κ3) is 0.980. The summed E-state index contributed by atoms with van der Waals surface area (Å²) in [6.07, 6.45) is 0. The van der Waals surface area contributed by atoms with Crippen molar-refractivity contribution in [1.82, 2.24) is 0 Å². The fraction of sp³-hybridized carbons (Fsp3) is 0.800. The number of rotatable bonds is 0. The van der Waals surface area contributed by atoms with Crippen molar-refractivity contribution in [2.75, 3.05) is 20.0 Å². The first-order chi connectivity index (χ1) is 3.80. The number of carbonyl (C=O) groups excluding carboxylic acids is 1. The molecule has 0 bridgehead atoms. The summed E-state index contributed by atoms with van der Waals surface area (Å²) in [6, 6.07) is 0. The van der Waals surface area contributed by atoms with E-state index < -0.39 is 0 Å². The SMILES string of the molecule is CC(=O)[O+]1CCOC1. The molecule has 0 N–H and O–H groups in total. The number of ether oxygens (including phenoxy) is 1. The molecule has 0 radical (unpaired) electrons. The molecule has 46 valence electrons. The van der Waals surface area contributed by atoms with Crippen LogP contribution in [-0.4, -0.2) is 26.0 Å². The van der Waals surface area contributed by atoms with Gasteiger partial charge in [0.15, 0.2) is 0 Å². The summed E-state index contributed by atoms with van der Waals surface area (Å²) < 4.78 is 7.28.